The average Bonchev–Trinajstić information content (AvgIpc) is 2.26. The summed E-state index contributed by atoms with van der Waals surface area (Å²) < 4.78 is 27.2. The Balaban J connectivity index is 2.80. The number of aliphatic hydroxyl groups is 1. The highest BCUT2D eigenvalue weighted by Crippen LogP contribution is 2.22. The Hall–Kier alpha value is -0.630. The monoisotopic (exact) mass is 336 g/mol. The van der Waals surface area contributed by atoms with E-state index < -0.39 is 10.0 Å². The van der Waals surface area contributed by atoms with Gasteiger partial charge in [0.2, 0.25) is 10.0 Å². The van der Waals surface area contributed by atoms with Crippen LogP contribution in [0.3, 0.4) is 0 Å². The lowest BCUT2D eigenvalue weighted by molar-refractivity contribution is 0.263. The lowest BCUT2D eigenvalue weighted by Crippen LogP contribution is -2.29. The second-order valence-electron chi connectivity index (χ2n) is 4.15. The topological polar surface area (TPSA) is 92.4 Å². The molecule has 0 bridgehead atoms. The predicted octanol–water partition coefficient (Wildman–Crippen LogP) is 1.33. The van der Waals surface area contributed by atoms with Gasteiger partial charge in [0.05, 0.1) is 5.69 Å². The fourth-order valence-corrected chi connectivity index (χ4v) is 3.07. The van der Waals surface area contributed by atoms with E-state index in [0.717, 1.165) is 4.47 Å². The number of halogens is 1. The summed E-state index contributed by atoms with van der Waals surface area (Å²) in [6.07, 6.45) is 0.554. The van der Waals surface area contributed by atoms with Crippen molar-refractivity contribution in [2.45, 2.75) is 18.2 Å². The summed E-state index contributed by atoms with van der Waals surface area (Å²) in [7, 11) is -3.60. The van der Waals surface area contributed by atoms with Crippen LogP contribution in [0.5, 0.6) is 0 Å². The van der Waals surface area contributed by atoms with E-state index >= 15 is 0 Å². The molecule has 18 heavy (non-hydrogen) atoms. The molecule has 0 saturated heterocycles. The fraction of sp³-hybridized carbons (Fsp3) is 0.455. The van der Waals surface area contributed by atoms with Crippen LogP contribution in [0.2, 0.25) is 0 Å². The third-order valence-electron chi connectivity index (χ3n) is 2.51. The minimum Gasteiger partial charge on any atom is -0.398 e. The maximum atomic E-state index is 12.0. The Morgan fingerprint density at radius 2 is 2.17 bits per heavy atom. The van der Waals surface area contributed by atoms with E-state index in [1.807, 2.05) is 6.92 Å². The van der Waals surface area contributed by atoms with Gasteiger partial charge in [-0.1, -0.05) is 22.9 Å². The molecule has 0 heterocycles. The molecule has 5 nitrogen and oxygen atoms in total. The minimum absolute atomic E-state index is 0.0450. The first-order valence-corrected chi connectivity index (χ1v) is 7.80. The van der Waals surface area contributed by atoms with Crippen molar-refractivity contribution in [3.63, 3.8) is 0 Å². The Kier molecular flexibility index (Phi) is 5.58. The van der Waals surface area contributed by atoms with Gasteiger partial charge in [0.15, 0.2) is 0 Å². The highest BCUT2D eigenvalue weighted by Gasteiger charge is 2.18. The first kappa shape index (κ1) is 15.4. The van der Waals surface area contributed by atoms with Crippen molar-refractivity contribution >= 4 is 31.6 Å². The van der Waals surface area contributed by atoms with E-state index in [1.54, 1.807) is 12.1 Å². The van der Waals surface area contributed by atoms with Gasteiger partial charge >= 0.3 is 0 Å². The van der Waals surface area contributed by atoms with Crippen LogP contribution >= 0.6 is 15.9 Å². The molecular formula is C11H17BrN2O3S. The number of hydrogen-bond acceptors (Lipinski definition) is 4. The van der Waals surface area contributed by atoms with Crippen LogP contribution in [0.15, 0.2) is 27.6 Å². The smallest absolute Gasteiger partial charge is 0.242 e. The molecule has 0 fully saturated rings. The lowest BCUT2D eigenvalue weighted by atomic mass is 10.1. The van der Waals surface area contributed by atoms with E-state index in [1.165, 1.54) is 6.07 Å². The fourth-order valence-electron chi connectivity index (χ4n) is 1.42. The molecule has 0 spiro atoms. The van der Waals surface area contributed by atoms with Gasteiger partial charge in [0.1, 0.15) is 4.90 Å². The molecule has 0 amide bonds. The third-order valence-corrected chi connectivity index (χ3v) is 4.50. The molecule has 102 valence electrons. The van der Waals surface area contributed by atoms with Crippen LogP contribution < -0.4 is 10.5 Å². The Morgan fingerprint density at radius 3 is 2.72 bits per heavy atom. The molecule has 0 aromatic heterocycles. The zero-order valence-electron chi connectivity index (χ0n) is 10.1. The van der Waals surface area contributed by atoms with E-state index in [0.29, 0.717) is 6.42 Å². The molecule has 1 unspecified atom stereocenters. The summed E-state index contributed by atoms with van der Waals surface area (Å²) in [4.78, 5) is 0.0712. The van der Waals surface area contributed by atoms with Crippen molar-refractivity contribution in [3.8, 4) is 0 Å². The standard InChI is InChI=1S/C11H17BrN2O3S/c1-8(4-5-15)7-14-18(16,17)11-3-2-9(12)6-10(11)13/h2-3,6,8,14-15H,4-5,7,13H2,1H3. The molecule has 0 aliphatic heterocycles. The Bertz CT molecular complexity index is 505. The minimum atomic E-state index is -3.60. The number of nitrogens with two attached hydrogens (primary N) is 1. The third kappa shape index (κ3) is 4.24. The number of nitrogen functional groups attached to an aromatic ring is 1. The van der Waals surface area contributed by atoms with Gasteiger partial charge in [0, 0.05) is 17.6 Å². The Morgan fingerprint density at radius 1 is 1.50 bits per heavy atom. The van der Waals surface area contributed by atoms with E-state index in [4.69, 9.17) is 10.8 Å². The lowest BCUT2D eigenvalue weighted by Gasteiger charge is -2.13. The van der Waals surface area contributed by atoms with E-state index in [9.17, 15) is 8.42 Å². The summed E-state index contributed by atoms with van der Waals surface area (Å²) in [5.41, 5.74) is 5.88. The largest absolute Gasteiger partial charge is 0.398 e. The van der Waals surface area contributed by atoms with E-state index in [-0.39, 0.29) is 29.7 Å². The van der Waals surface area contributed by atoms with Crippen LogP contribution in [0.4, 0.5) is 5.69 Å². The highest BCUT2D eigenvalue weighted by molar-refractivity contribution is 9.10. The van der Waals surface area contributed by atoms with Crippen molar-refractivity contribution in [2.24, 2.45) is 5.92 Å². The summed E-state index contributed by atoms with van der Waals surface area (Å²) in [6, 6.07) is 4.63. The highest BCUT2D eigenvalue weighted by atomic mass is 79.9. The number of sulfonamides is 1. The second kappa shape index (κ2) is 6.51. The number of anilines is 1. The van der Waals surface area contributed by atoms with Crippen molar-refractivity contribution in [1.82, 2.24) is 4.72 Å². The van der Waals surface area contributed by atoms with Gasteiger partial charge in [-0.05, 0) is 30.5 Å². The van der Waals surface area contributed by atoms with Crippen LogP contribution in [-0.2, 0) is 10.0 Å². The quantitative estimate of drug-likeness (QED) is 0.683. The first-order valence-electron chi connectivity index (χ1n) is 5.52. The van der Waals surface area contributed by atoms with Gasteiger partial charge in [-0.15, -0.1) is 0 Å². The molecule has 0 aliphatic carbocycles. The summed E-state index contributed by atoms with van der Waals surface area (Å²) >= 11 is 3.22. The number of benzene rings is 1. The second-order valence-corrected chi connectivity index (χ2v) is 6.80. The molecule has 1 atom stereocenters. The molecule has 1 aromatic carbocycles. The molecule has 1 rings (SSSR count). The van der Waals surface area contributed by atoms with Gasteiger partial charge < -0.3 is 10.8 Å². The van der Waals surface area contributed by atoms with Crippen molar-refractivity contribution in [2.75, 3.05) is 18.9 Å². The molecule has 0 saturated carbocycles. The van der Waals surface area contributed by atoms with Gasteiger partial charge in [-0.25, -0.2) is 13.1 Å². The molecule has 4 N–H and O–H groups in total. The van der Waals surface area contributed by atoms with Gasteiger partial charge in [-0.3, -0.25) is 0 Å². The van der Waals surface area contributed by atoms with Crippen LogP contribution in [0, 0.1) is 5.92 Å². The van der Waals surface area contributed by atoms with Crippen molar-refractivity contribution < 1.29 is 13.5 Å². The number of hydrogen-bond donors (Lipinski definition) is 3. The zero-order chi connectivity index (χ0) is 13.8. The average molecular weight is 337 g/mol. The molecule has 0 aliphatic rings. The van der Waals surface area contributed by atoms with Gasteiger partial charge in [0.25, 0.3) is 0 Å². The van der Waals surface area contributed by atoms with Crippen molar-refractivity contribution in [1.29, 1.82) is 0 Å². The summed E-state index contributed by atoms with van der Waals surface area (Å²) in [5.74, 6) is 0.0708. The van der Waals surface area contributed by atoms with Crippen LogP contribution in [0.25, 0.3) is 0 Å². The van der Waals surface area contributed by atoms with Gasteiger partial charge in [-0.2, -0.15) is 0 Å². The molecular weight excluding hydrogens is 320 g/mol. The molecule has 0 radical (unpaired) electrons. The SMILES string of the molecule is CC(CCO)CNS(=O)(=O)c1ccc(Br)cc1N. The normalized spacial score (nSPS) is 13.5. The van der Waals surface area contributed by atoms with E-state index in [2.05, 4.69) is 20.7 Å². The molecule has 7 heteroatoms. The summed E-state index contributed by atoms with van der Waals surface area (Å²) in [5, 5.41) is 8.76. The summed E-state index contributed by atoms with van der Waals surface area (Å²) in [6.45, 7) is 2.19. The maximum absolute atomic E-state index is 12.0. The van der Waals surface area contributed by atoms with Crippen LogP contribution in [-0.4, -0.2) is 26.7 Å². The zero-order valence-corrected chi connectivity index (χ0v) is 12.5. The van der Waals surface area contributed by atoms with Crippen LogP contribution in [0.1, 0.15) is 13.3 Å². The molecule has 1 aromatic rings. The number of aliphatic hydroxyl groups excluding tert-OH is 1. The number of nitrogens with one attached hydrogen (secondary N) is 1. The number of rotatable bonds is 6. The van der Waals surface area contributed by atoms with Crippen molar-refractivity contribution in [3.05, 3.63) is 22.7 Å². The Labute approximate surface area is 116 Å². The first-order chi connectivity index (χ1) is 8.36. The predicted molar refractivity (Wildman–Crippen MR) is 74.6 cm³/mol. The maximum Gasteiger partial charge on any atom is 0.242 e.